The molecule has 18 heavy (non-hydrogen) atoms. The van der Waals surface area contributed by atoms with Gasteiger partial charge >= 0.3 is 0 Å². The van der Waals surface area contributed by atoms with Crippen molar-refractivity contribution < 1.29 is 4.74 Å². The lowest BCUT2D eigenvalue weighted by Gasteiger charge is -2.06. The lowest BCUT2D eigenvalue weighted by atomic mass is 10.2. The summed E-state index contributed by atoms with van der Waals surface area (Å²) in [7, 11) is 1.66. The van der Waals surface area contributed by atoms with E-state index in [0.717, 1.165) is 41.6 Å². The standard InChI is InChI=1S/C14H17N3O/c1-4-12-15-13(5-2)17-14(16-12)10-6-8-11(18-3)9-7-10/h6-9H,4-5H2,1-3H3. The normalized spacial score (nSPS) is 10.4. The molecule has 0 amide bonds. The predicted molar refractivity (Wildman–Crippen MR) is 70.6 cm³/mol. The van der Waals surface area contributed by atoms with Gasteiger partial charge in [-0.2, -0.15) is 0 Å². The highest BCUT2D eigenvalue weighted by Gasteiger charge is 2.06. The largest absolute Gasteiger partial charge is 0.497 e. The van der Waals surface area contributed by atoms with Gasteiger partial charge in [-0.05, 0) is 24.3 Å². The molecule has 4 heteroatoms. The maximum Gasteiger partial charge on any atom is 0.163 e. The Labute approximate surface area is 107 Å². The molecule has 0 aliphatic carbocycles. The van der Waals surface area contributed by atoms with Gasteiger partial charge in [0.2, 0.25) is 0 Å². The van der Waals surface area contributed by atoms with Crippen molar-refractivity contribution in [3.8, 4) is 17.1 Å². The van der Waals surface area contributed by atoms with Crippen LogP contribution in [0.2, 0.25) is 0 Å². The highest BCUT2D eigenvalue weighted by atomic mass is 16.5. The molecule has 94 valence electrons. The van der Waals surface area contributed by atoms with Gasteiger partial charge in [0.15, 0.2) is 5.82 Å². The number of aromatic nitrogens is 3. The van der Waals surface area contributed by atoms with E-state index in [-0.39, 0.29) is 0 Å². The summed E-state index contributed by atoms with van der Waals surface area (Å²) in [5, 5.41) is 0. The minimum atomic E-state index is 0.737. The Kier molecular flexibility index (Phi) is 3.87. The number of nitrogens with zero attached hydrogens (tertiary/aromatic N) is 3. The molecule has 4 nitrogen and oxygen atoms in total. The minimum Gasteiger partial charge on any atom is -0.497 e. The van der Waals surface area contributed by atoms with Gasteiger partial charge in [-0.25, -0.2) is 15.0 Å². The molecule has 2 rings (SSSR count). The van der Waals surface area contributed by atoms with E-state index in [4.69, 9.17) is 4.74 Å². The van der Waals surface area contributed by atoms with E-state index in [2.05, 4.69) is 15.0 Å². The summed E-state index contributed by atoms with van der Waals surface area (Å²) in [6.45, 7) is 4.10. The first kappa shape index (κ1) is 12.5. The van der Waals surface area contributed by atoms with Crippen LogP contribution in [-0.2, 0) is 12.8 Å². The van der Waals surface area contributed by atoms with Gasteiger partial charge in [0.05, 0.1) is 7.11 Å². The van der Waals surface area contributed by atoms with Gasteiger partial charge in [-0.3, -0.25) is 0 Å². The lowest BCUT2D eigenvalue weighted by Crippen LogP contribution is -2.03. The molecule has 0 bridgehead atoms. The summed E-state index contributed by atoms with van der Waals surface area (Å²) >= 11 is 0. The Morgan fingerprint density at radius 1 is 0.889 bits per heavy atom. The van der Waals surface area contributed by atoms with E-state index in [1.807, 2.05) is 38.1 Å². The van der Waals surface area contributed by atoms with Crippen molar-refractivity contribution in [2.75, 3.05) is 7.11 Å². The van der Waals surface area contributed by atoms with Crippen LogP contribution in [0.25, 0.3) is 11.4 Å². The Morgan fingerprint density at radius 3 is 1.89 bits per heavy atom. The van der Waals surface area contributed by atoms with Crippen molar-refractivity contribution in [1.29, 1.82) is 0 Å². The Morgan fingerprint density at radius 2 is 1.44 bits per heavy atom. The molecule has 0 fully saturated rings. The molecule has 1 heterocycles. The maximum atomic E-state index is 5.14. The minimum absolute atomic E-state index is 0.737. The third-order valence-electron chi connectivity index (χ3n) is 2.71. The van der Waals surface area contributed by atoms with Crippen molar-refractivity contribution >= 4 is 0 Å². The number of methoxy groups -OCH3 is 1. The predicted octanol–water partition coefficient (Wildman–Crippen LogP) is 2.67. The second-order valence-electron chi connectivity index (χ2n) is 3.93. The van der Waals surface area contributed by atoms with E-state index in [9.17, 15) is 0 Å². The smallest absolute Gasteiger partial charge is 0.163 e. The summed E-state index contributed by atoms with van der Waals surface area (Å²) < 4.78 is 5.14. The molecule has 0 aliphatic heterocycles. The molecule has 1 aromatic carbocycles. The molecule has 1 aromatic heterocycles. The monoisotopic (exact) mass is 243 g/mol. The molecule has 0 saturated carbocycles. The summed E-state index contributed by atoms with van der Waals surface area (Å²) in [6, 6.07) is 7.76. The summed E-state index contributed by atoms with van der Waals surface area (Å²) in [5.74, 6) is 3.25. The van der Waals surface area contributed by atoms with Crippen LogP contribution in [0.3, 0.4) is 0 Å². The molecule has 2 aromatic rings. The fourth-order valence-electron chi connectivity index (χ4n) is 1.65. The average molecular weight is 243 g/mol. The Balaban J connectivity index is 2.41. The zero-order valence-electron chi connectivity index (χ0n) is 11.0. The SMILES string of the molecule is CCc1nc(CC)nc(-c2ccc(OC)cc2)n1. The number of aryl methyl sites for hydroxylation is 2. The van der Waals surface area contributed by atoms with Crippen LogP contribution in [0.1, 0.15) is 25.5 Å². The molecule has 0 radical (unpaired) electrons. The fraction of sp³-hybridized carbons (Fsp3) is 0.357. The third kappa shape index (κ3) is 2.64. The zero-order chi connectivity index (χ0) is 13.0. The van der Waals surface area contributed by atoms with Gasteiger partial charge in [-0.15, -0.1) is 0 Å². The van der Waals surface area contributed by atoms with Gasteiger partial charge in [0, 0.05) is 18.4 Å². The number of hydrogen-bond acceptors (Lipinski definition) is 4. The number of hydrogen-bond donors (Lipinski definition) is 0. The molecular weight excluding hydrogens is 226 g/mol. The maximum absolute atomic E-state index is 5.14. The molecule has 0 saturated heterocycles. The van der Waals surface area contributed by atoms with Crippen LogP contribution < -0.4 is 4.74 Å². The van der Waals surface area contributed by atoms with Crippen molar-refractivity contribution in [3.63, 3.8) is 0 Å². The number of benzene rings is 1. The second kappa shape index (κ2) is 5.58. The molecule has 0 N–H and O–H groups in total. The van der Waals surface area contributed by atoms with Crippen LogP contribution in [0.4, 0.5) is 0 Å². The fourth-order valence-corrected chi connectivity index (χ4v) is 1.65. The molecule has 0 unspecified atom stereocenters. The third-order valence-corrected chi connectivity index (χ3v) is 2.71. The Bertz CT molecular complexity index is 501. The van der Waals surface area contributed by atoms with E-state index < -0.39 is 0 Å². The van der Waals surface area contributed by atoms with Crippen LogP contribution >= 0.6 is 0 Å². The second-order valence-corrected chi connectivity index (χ2v) is 3.93. The van der Waals surface area contributed by atoms with Crippen molar-refractivity contribution in [2.24, 2.45) is 0 Å². The molecule has 0 spiro atoms. The molecule has 0 aliphatic rings. The highest BCUT2D eigenvalue weighted by molar-refractivity contribution is 5.56. The first-order valence-corrected chi connectivity index (χ1v) is 6.15. The quantitative estimate of drug-likeness (QED) is 0.828. The van der Waals surface area contributed by atoms with Crippen molar-refractivity contribution in [1.82, 2.24) is 15.0 Å². The van der Waals surface area contributed by atoms with Crippen LogP contribution in [0, 0.1) is 0 Å². The van der Waals surface area contributed by atoms with E-state index in [1.165, 1.54) is 0 Å². The van der Waals surface area contributed by atoms with E-state index >= 15 is 0 Å². The number of rotatable bonds is 4. The molecular formula is C14H17N3O. The van der Waals surface area contributed by atoms with Gasteiger partial charge < -0.3 is 4.74 Å². The zero-order valence-corrected chi connectivity index (χ0v) is 11.0. The average Bonchev–Trinajstić information content (AvgIpc) is 2.46. The van der Waals surface area contributed by atoms with Crippen LogP contribution in [0.5, 0.6) is 5.75 Å². The van der Waals surface area contributed by atoms with Gasteiger partial charge in [0.25, 0.3) is 0 Å². The number of ether oxygens (including phenoxy) is 1. The van der Waals surface area contributed by atoms with Crippen LogP contribution in [-0.4, -0.2) is 22.1 Å². The summed E-state index contributed by atoms with van der Waals surface area (Å²) in [6.07, 6.45) is 1.64. The van der Waals surface area contributed by atoms with Crippen LogP contribution in [0.15, 0.2) is 24.3 Å². The summed E-state index contributed by atoms with van der Waals surface area (Å²) in [5.41, 5.74) is 0.989. The Hall–Kier alpha value is -1.97. The van der Waals surface area contributed by atoms with E-state index in [1.54, 1.807) is 7.11 Å². The van der Waals surface area contributed by atoms with Gasteiger partial charge in [-0.1, -0.05) is 13.8 Å². The van der Waals surface area contributed by atoms with Crippen molar-refractivity contribution in [3.05, 3.63) is 35.9 Å². The first-order chi connectivity index (χ1) is 8.76. The summed E-state index contributed by atoms with van der Waals surface area (Å²) in [4.78, 5) is 13.3. The highest BCUT2D eigenvalue weighted by Crippen LogP contribution is 2.19. The lowest BCUT2D eigenvalue weighted by molar-refractivity contribution is 0.415. The first-order valence-electron chi connectivity index (χ1n) is 6.15. The topological polar surface area (TPSA) is 47.9 Å². The van der Waals surface area contributed by atoms with E-state index in [0.29, 0.717) is 0 Å². The molecule has 0 atom stereocenters. The van der Waals surface area contributed by atoms with Gasteiger partial charge in [0.1, 0.15) is 17.4 Å². The van der Waals surface area contributed by atoms with Crippen molar-refractivity contribution in [2.45, 2.75) is 26.7 Å².